The summed E-state index contributed by atoms with van der Waals surface area (Å²) in [5, 5.41) is 12.4. The Balaban J connectivity index is 1.69. The van der Waals surface area contributed by atoms with Crippen LogP contribution >= 0.6 is 0 Å². The maximum absolute atomic E-state index is 12.3. The quantitative estimate of drug-likeness (QED) is 0.839. The van der Waals surface area contributed by atoms with E-state index in [1.165, 1.54) is 4.90 Å². The molecule has 1 heterocycles. The van der Waals surface area contributed by atoms with E-state index in [0.717, 1.165) is 5.56 Å². The zero-order chi connectivity index (χ0) is 19.4. The number of hydrogen-bond donors (Lipinski definition) is 2. The summed E-state index contributed by atoms with van der Waals surface area (Å²) < 4.78 is 10.7. The second-order valence-electron chi connectivity index (χ2n) is 6.29. The standard InChI is InChI=1S/C20H22N2O5/c1-22-17(11-23)19(27-12-18(22)24)13-3-7-15(8-4-13)21-20(25)14-5-9-16(26-2)10-6-14/h3-10,17,19,23H,11-12H2,1-2H3,(H,21,25)/t17-,19-/m1/s1. The van der Waals surface area contributed by atoms with Crippen LogP contribution in [-0.4, -0.2) is 55.2 Å². The van der Waals surface area contributed by atoms with E-state index < -0.39 is 12.1 Å². The molecule has 27 heavy (non-hydrogen) atoms. The van der Waals surface area contributed by atoms with Gasteiger partial charge in [-0.25, -0.2) is 0 Å². The molecular formula is C20H22N2O5. The predicted octanol–water partition coefficient (Wildman–Crippen LogP) is 1.84. The number of nitrogens with zero attached hydrogens (tertiary/aromatic N) is 1. The van der Waals surface area contributed by atoms with Crippen molar-refractivity contribution in [2.45, 2.75) is 12.1 Å². The minimum atomic E-state index is -0.439. The van der Waals surface area contributed by atoms with Crippen LogP contribution in [0.4, 0.5) is 5.69 Å². The van der Waals surface area contributed by atoms with Crippen molar-refractivity contribution in [3.8, 4) is 5.75 Å². The number of ether oxygens (including phenoxy) is 2. The van der Waals surface area contributed by atoms with Crippen LogP contribution in [0.25, 0.3) is 0 Å². The molecule has 7 heteroatoms. The molecule has 3 rings (SSSR count). The van der Waals surface area contributed by atoms with E-state index in [-0.39, 0.29) is 25.0 Å². The molecule has 0 bridgehead atoms. The van der Waals surface area contributed by atoms with Crippen molar-refractivity contribution in [1.82, 2.24) is 4.90 Å². The Bertz CT molecular complexity index is 804. The van der Waals surface area contributed by atoms with Crippen LogP contribution in [0.3, 0.4) is 0 Å². The third-order valence-electron chi connectivity index (χ3n) is 4.66. The number of anilines is 1. The van der Waals surface area contributed by atoms with Gasteiger partial charge in [0.1, 0.15) is 18.5 Å². The fourth-order valence-electron chi connectivity index (χ4n) is 3.00. The number of methoxy groups -OCH3 is 1. The predicted molar refractivity (Wildman–Crippen MR) is 99.7 cm³/mol. The molecule has 1 aliphatic heterocycles. The Morgan fingerprint density at radius 2 is 1.89 bits per heavy atom. The van der Waals surface area contributed by atoms with Crippen molar-refractivity contribution in [2.75, 3.05) is 32.7 Å². The highest BCUT2D eigenvalue weighted by Gasteiger charge is 2.34. The van der Waals surface area contributed by atoms with Gasteiger partial charge in [-0.2, -0.15) is 0 Å². The maximum Gasteiger partial charge on any atom is 0.255 e. The van der Waals surface area contributed by atoms with Gasteiger partial charge in [0.2, 0.25) is 5.91 Å². The lowest BCUT2D eigenvalue weighted by Gasteiger charge is -2.38. The third kappa shape index (κ3) is 4.10. The van der Waals surface area contributed by atoms with E-state index in [4.69, 9.17) is 9.47 Å². The van der Waals surface area contributed by atoms with E-state index in [1.807, 2.05) is 12.1 Å². The third-order valence-corrected chi connectivity index (χ3v) is 4.66. The number of aliphatic hydroxyl groups excluding tert-OH is 1. The molecule has 0 aliphatic carbocycles. The second-order valence-corrected chi connectivity index (χ2v) is 6.29. The number of hydrogen-bond acceptors (Lipinski definition) is 5. The molecule has 0 saturated carbocycles. The summed E-state index contributed by atoms with van der Waals surface area (Å²) >= 11 is 0. The van der Waals surface area contributed by atoms with Crippen LogP contribution < -0.4 is 10.1 Å². The average molecular weight is 370 g/mol. The maximum atomic E-state index is 12.3. The molecule has 1 aliphatic rings. The van der Waals surface area contributed by atoms with Gasteiger partial charge in [0, 0.05) is 18.3 Å². The molecule has 2 aromatic rings. The summed E-state index contributed by atoms with van der Waals surface area (Å²) in [7, 11) is 3.23. The number of carbonyl (C=O) groups excluding carboxylic acids is 2. The van der Waals surface area contributed by atoms with Crippen molar-refractivity contribution in [3.05, 3.63) is 59.7 Å². The molecule has 142 valence electrons. The molecule has 0 radical (unpaired) electrons. The normalized spacial score (nSPS) is 19.7. The highest BCUT2D eigenvalue weighted by molar-refractivity contribution is 6.04. The van der Waals surface area contributed by atoms with Crippen LogP contribution in [0.2, 0.25) is 0 Å². The smallest absolute Gasteiger partial charge is 0.255 e. The number of rotatable bonds is 5. The van der Waals surface area contributed by atoms with Gasteiger partial charge in [-0.15, -0.1) is 0 Å². The molecule has 0 aromatic heterocycles. The number of nitrogens with one attached hydrogen (secondary N) is 1. The van der Waals surface area contributed by atoms with Crippen LogP contribution in [0.5, 0.6) is 5.75 Å². The van der Waals surface area contributed by atoms with Crippen LogP contribution in [0, 0.1) is 0 Å². The Labute approximate surface area is 157 Å². The van der Waals surface area contributed by atoms with Gasteiger partial charge in [-0.1, -0.05) is 12.1 Å². The van der Waals surface area contributed by atoms with Crippen molar-refractivity contribution >= 4 is 17.5 Å². The van der Waals surface area contributed by atoms with Gasteiger partial charge in [0.25, 0.3) is 5.91 Å². The van der Waals surface area contributed by atoms with E-state index in [0.29, 0.717) is 17.0 Å². The van der Waals surface area contributed by atoms with Gasteiger partial charge in [-0.3, -0.25) is 9.59 Å². The SMILES string of the molecule is COc1ccc(C(=O)Nc2ccc([C@H]3OCC(=O)N(C)[C@@H]3CO)cc2)cc1. The first-order valence-corrected chi connectivity index (χ1v) is 8.57. The zero-order valence-electron chi connectivity index (χ0n) is 15.2. The molecule has 0 unspecified atom stereocenters. The van der Waals surface area contributed by atoms with Crippen molar-refractivity contribution in [2.24, 2.45) is 0 Å². The molecule has 2 N–H and O–H groups in total. The molecule has 1 fully saturated rings. The van der Waals surface area contributed by atoms with Gasteiger partial charge < -0.3 is 24.8 Å². The minimum absolute atomic E-state index is 0.0202. The molecule has 1 saturated heterocycles. The number of benzene rings is 2. The lowest BCUT2D eigenvalue weighted by atomic mass is 9.99. The van der Waals surface area contributed by atoms with Crippen molar-refractivity contribution < 1.29 is 24.2 Å². The van der Waals surface area contributed by atoms with E-state index in [9.17, 15) is 14.7 Å². The summed E-state index contributed by atoms with van der Waals surface area (Å²) in [6.07, 6.45) is -0.413. The molecule has 2 atom stereocenters. The molecule has 2 aromatic carbocycles. The Morgan fingerprint density at radius 3 is 2.48 bits per heavy atom. The largest absolute Gasteiger partial charge is 0.497 e. The van der Waals surface area contributed by atoms with Gasteiger partial charge in [-0.05, 0) is 42.0 Å². The van der Waals surface area contributed by atoms with E-state index in [1.54, 1.807) is 50.6 Å². The summed E-state index contributed by atoms with van der Waals surface area (Å²) in [6, 6.07) is 13.6. The number of likely N-dealkylation sites (N-methyl/N-ethyl adjacent to an activating group) is 1. The van der Waals surface area contributed by atoms with Gasteiger partial charge in [0.15, 0.2) is 0 Å². The van der Waals surface area contributed by atoms with Crippen molar-refractivity contribution in [1.29, 1.82) is 0 Å². The molecule has 2 amide bonds. The van der Waals surface area contributed by atoms with E-state index >= 15 is 0 Å². The first kappa shape index (κ1) is 18.9. The average Bonchev–Trinajstić information content (AvgIpc) is 2.70. The molecular weight excluding hydrogens is 348 g/mol. The topological polar surface area (TPSA) is 88.1 Å². The number of amides is 2. The highest BCUT2D eigenvalue weighted by Crippen LogP contribution is 2.29. The summed E-state index contributed by atoms with van der Waals surface area (Å²) in [6.45, 7) is -0.212. The zero-order valence-corrected chi connectivity index (χ0v) is 15.2. The van der Waals surface area contributed by atoms with Crippen molar-refractivity contribution in [3.63, 3.8) is 0 Å². The monoisotopic (exact) mass is 370 g/mol. The fourth-order valence-corrected chi connectivity index (χ4v) is 3.00. The van der Waals surface area contributed by atoms with Gasteiger partial charge in [0.05, 0.1) is 19.8 Å². The minimum Gasteiger partial charge on any atom is -0.497 e. The first-order chi connectivity index (χ1) is 13.0. The highest BCUT2D eigenvalue weighted by atomic mass is 16.5. The van der Waals surface area contributed by atoms with Crippen LogP contribution in [0.1, 0.15) is 22.0 Å². The molecule has 7 nitrogen and oxygen atoms in total. The Hall–Kier alpha value is -2.90. The Kier molecular flexibility index (Phi) is 5.73. The Morgan fingerprint density at radius 1 is 1.22 bits per heavy atom. The summed E-state index contributed by atoms with van der Waals surface area (Å²) in [5.74, 6) is 0.303. The van der Waals surface area contributed by atoms with Crippen LogP contribution in [0.15, 0.2) is 48.5 Å². The number of carbonyl (C=O) groups is 2. The second kappa shape index (κ2) is 8.20. The van der Waals surface area contributed by atoms with Gasteiger partial charge >= 0.3 is 0 Å². The number of aliphatic hydroxyl groups is 1. The molecule has 0 spiro atoms. The lowest BCUT2D eigenvalue weighted by molar-refractivity contribution is -0.157. The fraction of sp³-hybridized carbons (Fsp3) is 0.300. The summed E-state index contributed by atoms with van der Waals surface area (Å²) in [4.78, 5) is 25.6. The first-order valence-electron chi connectivity index (χ1n) is 8.57. The summed E-state index contributed by atoms with van der Waals surface area (Å²) in [5.41, 5.74) is 1.99. The van der Waals surface area contributed by atoms with Crippen LogP contribution in [-0.2, 0) is 9.53 Å². The lowest BCUT2D eigenvalue weighted by Crippen LogP contribution is -2.50. The van der Waals surface area contributed by atoms with E-state index in [2.05, 4.69) is 5.32 Å². The number of morpholine rings is 1.